The van der Waals surface area contributed by atoms with Crippen LogP contribution in [0.15, 0.2) is 29.2 Å². The molecule has 3 atom stereocenters. The van der Waals surface area contributed by atoms with E-state index >= 15 is 0 Å². The highest BCUT2D eigenvalue weighted by molar-refractivity contribution is 7.89. The maximum absolute atomic E-state index is 12.7. The molecule has 1 N–H and O–H groups in total. The van der Waals surface area contributed by atoms with Crippen molar-refractivity contribution in [1.29, 1.82) is 0 Å². The van der Waals surface area contributed by atoms with E-state index < -0.39 is 10.0 Å². The zero-order chi connectivity index (χ0) is 19.4. The van der Waals surface area contributed by atoms with Crippen molar-refractivity contribution in [2.75, 3.05) is 13.1 Å². The van der Waals surface area contributed by atoms with Crippen molar-refractivity contribution in [1.82, 2.24) is 9.62 Å². The number of carbonyl (C=O) groups is 1. The minimum absolute atomic E-state index is 0.0209. The quantitative estimate of drug-likeness (QED) is 0.836. The van der Waals surface area contributed by atoms with E-state index in [0.29, 0.717) is 36.2 Å². The van der Waals surface area contributed by atoms with Crippen LogP contribution in [0.2, 0.25) is 0 Å². The van der Waals surface area contributed by atoms with Crippen LogP contribution in [0.4, 0.5) is 0 Å². The lowest BCUT2D eigenvalue weighted by atomic mass is 9.78. The second-order valence-corrected chi connectivity index (χ2v) is 10.2. The van der Waals surface area contributed by atoms with Crippen LogP contribution in [0.1, 0.15) is 57.9 Å². The summed E-state index contributed by atoms with van der Waals surface area (Å²) in [5.41, 5.74) is 0.849. The third-order valence-electron chi connectivity index (χ3n) is 6.29. The molecule has 6 heteroatoms. The molecule has 5 nitrogen and oxygen atoms in total. The van der Waals surface area contributed by atoms with E-state index in [1.54, 1.807) is 28.6 Å². The van der Waals surface area contributed by atoms with E-state index in [0.717, 1.165) is 31.2 Å². The van der Waals surface area contributed by atoms with Crippen LogP contribution < -0.4 is 5.32 Å². The van der Waals surface area contributed by atoms with Gasteiger partial charge in [0.15, 0.2) is 0 Å². The normalized spacial score (nSPS) is 27.3. The van der Waals surface area contributed by atoms with Crippen molar-refractivity contribution in [3.8, 4) is 0 Å². The van der Waals surface area contributed by atoms with E-state index in [-0.39, 0.29) is 11.9 Å². The van der Waals surface area contributed by atoms with Gasteiger partial charge in [-0.2, -0.15) is 4.31 Å². The van der Waals surface area contributed by atoms with Gasteiger partial charge in [-0.3, -0.25) is 4.79 Å². The van der Waals surface area contributed by atoms with Gasteiger partial charge in [0.2, 0.25) is 15.9 Å². The molecule has 0 spiro atoms. The van der Waals surface area contributed by atoms with Gasteiger partial charge in [0.1, 0.15) is 0 Å². The fourth-order valence-corrected chi connectivity index (χ4v) is 5.78. The minimum atomic E-state index is -3.41. The number of carbonyl (C=O) groups excluding carboxylic acids is 1. The average molecular weight is 393 g/mol. The van der Waals surface area contributed by atoms with Gasteiger partial charge >= 0.3 is 0 Å². The van der Waals surface area contributed by atoms with Crippen LogP contribution in [0, 0.1) is 11.8 Å². The first-order valence-corrected chi connectivity index (χ1v) is 11.7. The standard InChI is InChI=1S/C21H32N2O3S/c1-16-7-6-8-20(17(16)2)22-21(24)15-18-9-11-19(12-10-18)27(25,26)23-13-4-3-5-14-23/h9-12,16-17,20H,3-8,13-15H2,1-2H3,(H,22,24). The summed E-state index contributed by atoms with van der Waals surface area (Å²) in [6.45, 7) is 5.68. The fourth-order valence-electron chi connectivity index (χ4n) is 4.26. The van der Waals surface area contributed by atoms with Crippen LogP contribution in [0.3, 0.4) is 0 Å². The summed E-state index contributed by atoms with van der Waals surface area (Å²) in [6.07, 6.45) is 6.69. The van der Waals surface area contributed by atoms with Crippen molar-refractivity contribution in [3.05, 3.63) is 29.8 Å². The monoisotopic (exact) mass is 392 g/mol. The largest absolute Gasteiger partial charge is 0.353 e. The Morgan fingerprint density at radius 2 is 1.70 bits per heavy atom. The smallest absolute Gasteiger partial charge is 0.243 e. The van der Waals surface area contributed by atoms with Crippen molar-refractivity contribution >= 4 is 15.9 Å². The summed E-state index contributed by atoms with van der Waals surface area (Å²) in [7, 11) is -3.41. The molecule has 1 aliphatic heterocycles. The summed E-state index contributed by atoms with van der Waals surface area (Å²) in [5, 5.41) is 3.18. The number of hydrogen-bond acceptors (Lipinski definition) is 3. The highest BCUT2D eigenvalue weighted by Crippen LogP contribution is 2.29. The fraction of sp³-hybridized carbons (Fsp3) is 0.667. The molecule has 1 saturated carbocycles. The zero-order valence-electron chi connectivity index (χ0n) is 16.5. The summed E-state index contributed by atoms with van der Waals surface area (Å²) >= 11 is 0. The molecule has 3 unspecified atom stereocenters. The SMILES string of the molecule is CC1CCCC(NC(=O)Cc2ccc(S(=O)(=O)N3CCCCC3)cc2)C1C. The second kappa shape index (κ2) is 8.74. The molecule has 1 saturated heterocycles. The number of amides is 1. The predicted octanol–water partition coefficient (Wildman–Crippen LogP) is 3.34. The zero-order valence-corrected chi connectivity index (χ0v) is 17.3. The third-order valence-corrected chi connectivity index (χ3v) is 8.21. The Bertz CT molecular complexity index is 739. The highest BCUT2D eigenvalue weighted by atomic mass is 32.2. The number of hydrogen-bond donors (Lipinski definition) is 1. The summed E-state index contributed by atoms with van der Waals surface area (Å²) < 4.78 is 27.0. The van der Waals surface area contributed by atoms with Crippen LogP contribution in [0.5, 0.6) is 0 Å². The number of nitrogens with one attached hydrogen (secondary N) is 1. The highest BCUT2D eigenvalue weighted by Gasteiger charge is 2.28. The van der Waals surface area contributed by atoms with Gasteiger partial charge in [-0.1, -0.05) is 45.2 Å². The van der Waals surface area contributed by atoms with Gasteiger partial charge in [0, 0.05) is 19.1 Å². The Morgan fingerprint density at radius 1 is 1.04 bits per heavy atom. The van der Waals surface area contributed by atoms with E-state index in [9.17, 15) is 13.2 Å². The number of benzene rings is 1. The maximum atomic E-state index is 12.7. The summed E-state index contributed by atoms with van der Waals surface area (Å²) in [5.74, 6) is 1.16. The first-order chi connectivity index (χ1) is 12.9. The Balaban J connectivity index is 1.59. The first kappa shape index (κ1) is 20.3. The van der Waals surface area contributed by atoms with E-state index in [4.69, 9.17) is 0 Å². The molecule has 0 aromatic heterocycles. The van der Waals surface area contributed by atoms with Crippen molar-refractivity contribution < 1.29 is 13.2 Å². The molecule has 2 fully saturated rings. The Morgan fingerprint density at radius 3 is 2.37 bits per heavy atom. The van der Waals surface area contributed by atoms with Gasteiger partial charge in [-0.25, -0.2) is 8.42 Å². The topological polar surface area (TPSA) is 66.5 Å². The number of nitrogens with zero attached hydrogens (tertiary/aromatic N) is 1. The summed E-state index contributed by atoms with van der Waals surface area (Å²) in [6, 6.07) is 7.06. The second-order valence-electron chi connectivity index (χ2n) is 8.23. The lowest BCUT2D eigenvalue weighted by molar-refractivity contribution is -0.121. The molecule has 1 heterocycles. The van der Waals surface area contributed by atoms with Gasteiger partial charge in [-0.05, 0) is 48.8 Å². The van der Waals surface area contributed by atoms with Gasteiger partial charge in [0.05, 0.1) is 11.3 Å². The number of rotatable bonds is 5. The number of sulfonamides is 1. The van der Waals surface area contributed by atoms with Crippen molar-refractivity contribution in [2.45, 2.75) is 69.7 Å². The number of piperidine rings is 1. The molecule has 1 aliphatic carbocycles. The lowest BCUT2D eigenvalue weighted by Gasteiger charge is -2.34. The van der Waals surface area contributed by atoms with Crippen molar-refractivity contribution in [3.63, 3.8) is 0 Å². The molecule has 27 heavy (non-hydrogen) atoms. The van der Waals surface area contributed by atoms with Crippen LogP contribution in [-0.2, 0) is 21.2 Å². The maximum Gasteiger partial charge on any atom is 0.243 e. The Kier molecular flexibility index (Phi) is 6.58. The molecule has 150 valence electrons. The molecule has 3 rings (SSSR count). The summed E-state index contributed by atoms with van der Waals surface area (Å²) in [4.78, 5) is 12.7. The predicted molar refractivity (Wildman–Crippen MR) is 107 cm³/mol. The van der Waals surface area contributed by atoms with Gasteiger partial charge < -0.3 is 5.32 Å². The van der Waals surface area contributed by atoms with E-state index in [1.807, 2.05) is 0 Å². The molecule has 1 aromatic rings. The molecule has 0 radical (unpaired) electrons. The first-order valence-electron chi connectivity index (χ1n) is 10.3. The molecular formula is C21H32N2O3S. The lowest BCUT2D eigenvalue weighted by Crippen LogP contribution is -2.44. The van der Waals surface area contributed by atoms with Gasteiger partial charge in [-0.15, -0.1) is 0 Å². The Hall–Kier alpha value is -1.40. The minimum Gasteiger partial charge on any atom is -0.353 e. The van der Waals surface area contributed by atoms with E-state index in [2.05, 4.69) is 19.2 Å². The molecular weight excluding hydrogens is 360 g/mol. The molecule has 0 bridgehead atoms. The third kappa shape index (κ3) is 4.91. The van der Waals surface area contributed by atoms with Crippen molar-refractivity contribution in [2.24, 2.45) is 11.8 Å². The Labute approximate surface area is 163 Å². The molecule has 1 amide bonds. The van der Waals surface area contributed by atoms with E-state index in [1.165, 1.54) is 12.8 Å². The molecule has 1 aromatic carbocycles. The average Bonchev–Trinajstić information content (AvgIpc) is 2.66. The van der Waals surface area contributed by atoms with Crippen LogP contribution >= 0.6 is 0 Å². The van der Waals surface area contributed by atoms with Crippen LogP contribution in [-0.4, -0.2) is 37.8 Å². The van der Waals surface area contributed by atoms with Gasteiger partial charge in [0.25, 0.3) is 0 Å². The molecule has 2 aliphatic rings. The van der Waals surface area contributed by atoms with Crippen LogP contribution in [0.25, 0.3) is 0 Å².